The minimum atomic E-state index is -3.69. The molecule has 0 atom stereocenters. The third-order valence-electron chi connectivity index (χ3n) is 4.68. The fourth-order valence-corrected chi connectivity index (χ4v) is 4.61. The summed E-state index contributed by atoms with van der Waals surface area (Å²) in [5.41, 5.74) is 1.60. The number of nitrogens with one attached hydrogen (secondary N) is 3. The van der Waals surface area contributed by atoms with E-state index in [9.17, 15) is 18.0 Å². The number of furan rings is 1. The van der Waals surface area contributed by atoms with Crippen LogP contribution in [0.15, 0.2) is 51.1 Å². The van der Waals surface area contributed by atoms with E-state index in [2.05, 4.69) is 20.3 Å². The second-order valence-corrected chi connectivity index (χ2v) is 10.3. The van der Waals surface area contributed by atoms with Gasteiger partial charge in [0.25, 0.3) is 0 Å². The summed E-state index contributed by atoms with van der Waals surface area (Å²) in [6, 6.07) is 10.2. The van der Waals surface area contributed by atoms with Gasteiger partial charge in [0.1, 0.15) is 11.5 Å². The van der Waals surface area contributed by atoms with Crippen LogP contribution >= 0.6 is 11.3 Å². The summed E-state index contributed by atoms with van der Waals surface area (Å²) < 4.78 is 32.9. The molecule has 0 fully saturated rings. The lowest BCUT2D eigenvalue weighted by molar-refractivity contribution is -0.119. The van der Waals surface area contributed by atoms with E-state index in [1.54, 1.807) is 41.8 Å². The minimum Gasteiger partial charge on any atom is -0.458 e. The number of carbonyl (C=O) groups excluding carboxylic acids is 2. The molecule has 3 rings (SSSR count). The van der Waals surface area contributed by atoms with Crippen LogP contribution in [0.4, 0.5) is 5.13 Å². The molecule has 2 aromatic heterocycles. The third kappa shape index (κ3) is 6.98. The summed E-state index contributed by atoms with van der Waals surface area (Å²) in [5.74, 6) is 0.897. The number of rotatable bonds is 10. The van der Waals surface area contributed by atoms with Crippen LogP contribution in [0.2, 0.25) is 0 Å². The van der Waals surface area contributed by atoms with Crippen LogP contribution in [0.3, 0.4) is 0 Å². The highest BCUT2D eigenvalue weighted by Gasteiger charge is 2.16. The molecule has 3 aromatic rings. The van der Waals surface area contributed by atoms with Crippen LogP contribution in [0.5, 0.6) is 0 Å². The van der Waals surface area contributed by atoms with Crippen molar-refractivity contribution >= 4 is 38.3 Å². The Balaban J connectivity index is 1.49. The number of nitrogens with zero attached hydrogens (tertiary/aromatic N) is 1. The average Bonchev–Trinajstić information content (AvgIpc) is 3.41. The summed E-state index contributed by atoms with van der Waals surface area (Å²) in [5, 5.41) is 7.42. The van der Waals surface area contributed by atoms with E-state index in [4.69, 9.17) is 4.42 Å². The number of amides is 2. The lowest BCUT2D eigenvalue weighted by atomic mass is 10.0. The molecule has 11 heteroatoms. The van der Waals surface area contributed by atoms with Crippen molar-refractivity contribution in [2.75, 3.05) is 11.9 Å². The van der Waals surface area contributed by atoms with Gasteiger partial charge >= 0.3 is 0 Å². The van der Waals surface area contributed by atoms with Gasteiger partial charge in [-0.1, -0.05) is 26.0 Å². The molecule has 0 bridgehead atoms. The molecule has 0 aliphatic rings. The molecule has 176 valence electrons. The maximum absolute atomic E-state index is 12.4. The third-order valence-corrected chi connectivity index (χ3v) is 6.91. The van der Waals surface area contributed by atoms with Crippen molar-refractivity contribution in [1.82, 2.24) is 15.0 Å². The number of aromatic nitrogens is 1. The first-order valence-corrected chi connectivity index (χ1v) is 12.7. The van der Waals surface area contributed by atoms with E-state index < -0.39 is 10.0 Å². The minimum absolute atomic E-state index is 0.0387. The van der Waals surface area contributed by atoms with Gasteiger partial charge in [0.2, 0.25) is 21.8 Å². The van der Waals surface area contributed by atoms with Gasteiger partial charge in [-0.15, -0.1) is 11.3 Å². The van der Waals surface area contributed by atoms with Crippen LogP contribution in [0, 0.1) is 0 Å². The van der Waals surface area contributed by atoms with Gasteiger partial charge in [-0.3, -0.25) is 9.59 Å². The molecule has 0 aliphatic heterocycles. The standard InChI is InChI=1S/C22H26N4O5S2/c1-14(2)16-4-7-18(8-5-16)33(29,30)24-11-10-21(28)26-22-25-19(13-32-22)20-9-6-17(31-20)12-23-15(3)27/h4-9,13-14,24H,10-12H2,1-3H3,(H,23,27)(H,25,26,28). The number of benzene rings is 1. The smallest absolute Gasteiger partial charge is 0.240 e. The second-order valence-electron chi connectivity index (χ2n) is 7.63. The quantitative estimate of drug-likeness (QED) is 0.399. The fourth-order valence-electron chi connectivity index (χ4n) is 2.86. The molecule has 0 aliphatic carbocycles. The molecule has 0 spiro atoms. The van der Waals surface area contributed by atoms with Crippen LogP contribution in [-0.4, -0.2) is 31.8 Å². The molecule has 2 amide bonds. The second kappa shape index (κ2) is 10.7. The maximum atomic E-state index is 12.4. The van der Waals surface area contributed by atoms with Gasteiger partial charge < -0.3 is 15.1 Å². The van der Waals surface area contributed by atoms with Crippen molar-refractivity contribution in [2.24, 2.45) is 0 Å². The molecule has 0 saturated carbocycles. The molecular weight excluding hydrogens is 464 g/mol. The number of hydrogen-bond acceptors (Lipinski definition) is 7. The molecule has 9 nitrogen and oxygen atoms in total. The Labute approximate surface area is 196 Å². The van der Waals surface area contributed by atoms with Crippen molar-refractivity contribution in [1.29, 1.82) is 0 Å². The highest BCUT2D eigenvalue weighted by molar-refractivity contribution is 7.89. The first-order chi connectivity index (χ1) is 15.6. The van der Waals surface area contributed by atoms with Gasteiger partial charge in [0.15, 0.2) is 10.9 Å². The van der Waals surface area contributed by atoms with E-state index in [0.29, 0.717) is 28.3 Å². The van der Waals surface area contributed by atoms with Gasteiger partial charge in [0.05, 0.1) is 11.4 Å². The zero-order valence-corrected chi connectivity index (χ0v) is 20.2. The average molecular weight is 491 g/mol. The highest BCUT2D eigenvalue weighted by Crippen LogP contribution is 2.26. The SMILES string of the molecule is CC(=O)NCc1ccc(-c2csc(NC(=O)CCNS(=O)(=O)c3ccc(C(C)C)cc3)n2)o1. The molecule has 0 radical (unpaired) electrons. The molecule has 2 heterocycles. The first-order valence-electron chi connectivity index (χ1n) is 10.3. The van der Waals surface area contributed by atoms with Gasteiger partial charge in [0, 0.05) is 25.3 Å². The summed E-state index contributed by atoms with van der Waals surface area (Å²) in [6.45, 7) is 5.73. The predicted molar refractivity (Wildman–Crippen MR) is 126 cm³/mol. The Morgan fingerprint density at radius 2 is 1.85 bits per heavy atom. The van der Waals surface area contributed by atoms with E-state index >= 15 is 0 Å². The molecular formula is C22H26N4O5S2. The van der Waals surface area contributed by atoms with Crippen molar-refractivity contribution < 1.29 is 22.4 Å². The molecule has 0 saturated heterocycles. The van der Waals surface area contributed by atoms with Crippen LogP contribution < -0.4 is 15.4 Å². The van der Waals surface area contributed by atoms with Crippen LogP contribution in [0.1, 0.15) is 44.4 Å². The Hall–Kier alpha value is -3.02. The van der Waals surface area contributed by atoms with Gasteiger partial charge in [-0.25, -0.2) is 18.1 Å². The molecule has 0 unspecified atom stereocenters. The topological polar surface area (TPSA) is 130 Å². The molecule has 3 N–H and O–H groups in total. The maximum Gasteiger partial charge on any atom is 0.240 e. The Kier molecular flexibility index (Phi) is 8.01. The number of hydrogen-bond donors (Lipinski definition) is 3. The Morgan fingerprint density at radius 1 is 1.12 bits per heavy atom. The van der Waals surface area contributed by atoms with Gasteiger partial charge in [-0.05, 0) is 35.7 Å². The van der Waals surface area contributed by atoms with E-state index in [-0.39, 0.29) is 36.2 Å². The number of sulfonamides is 1. The van der Waals surface area contributed by atoms with Crippen molar-refractivity contribution in [3.8, 4) is 11.5 Å². The Bertz CT molecular complexity index is 1210. The van der Waals surface area contributed by atoms with Crippen molar-refractivity contribution in [3.63, 3.8) is 0 Å². The van der Waals surface area contributed by atoms with E-state index in [1.165, 1.54) is 18.3 Å². The number of thiazole rings is 1. The largest absolute Gasteiger partial charge is 0.458 e. The number of anilines is 1. The summed E-state index contributed by atoms with van der Waals surface area (Å²) in [6.07, 6.45) is -0.0418. The monoisotopic (exact) mass is 490 g/mol. The molecule has 1 aromatic carbocycles. The summed E-state index contributed by atoms with van der Waals surface area (Å²) in [7, 11) is -3.69. The van der Waals surface area contributed by atoms with Crippen molar-refractivity contribution in [2.45, 2.75) is 44.6 Å². The Morgan fingerprint density at radius 3 is 2.52 bits per heavy atom. The normalized spacial score (nSPS) is 11.5. The van der Waals surface area contributed by atoms with Gasteiger partial charge in [-0.2, -0.15) is 0 Å². The summed E-state index contributed by atoms with van der Waals surface area (Å²) in [4.78, 5) is 27.7. The van der Waals surface area contributed by atoms with Crippen molar-refractivity contribution in [3.05, 3.63) is 53.1 Å². The zero-order chi connectivity index (χ0) is 24.0. The zero-order valence-electron chi connectivity index (χ0n) is 18.5. The van der Waals surface area contributed by atoms with Crippen LogP contribution in [-0.2, 0) is 26.2 Å². The predicted octanol–water partition coefficient (Wildman–Crippen LogP) is 3.47. The van der Waals surface area contributed by atoms with E-state index in [1.807, 2.05) is 13.8 Å². The van der Waals surface area contributed by atoms with Crippen LogP contribution in [0.25, 0.3) is 11.5 Å². The highest BCUT2D eigenvalue weighted by atomic mass is 32.2. The summed E-state index contributed by atoms with van der Waals surface area (Å²) >= 11 is 1.23. The lowest BCUT2D eigenvalue weighted by Gasteiger charge is -2.09. The first kappa shape index (κ1) is 24.6. The fraction of sp³-hybridized carbons (Fsp3) is 0.318. The van der Waals surface area contributed by atoms with E-state index in [0.717, 1.165) is 5.56 Å². The number of carbonyl (C=O) groups is 2. The lowest BCUT2D eigenvalue weighted by Crippen LogP contribution is -2.27. The molecule has 33 heavy (non-hydrogen) atoms.